The number of benzene rings is 3. The van der Waals surface area contributed by atoms with E-state index >= 15 is 0 Å². The van der Waals surface area contributed by atoms with E-state index in [1.807, 2.05) is 42.5 Å². The number of hydrogen-bond acceptors (Lipinski definition) is 4. The number of fused-ring (bicyclic) bond motifs is 8. The summed E-state index contributed by atoms with van der Waals surface area (Å²) in [5.74, 6) is -0.635. The van der Waals surface area contributed by atoms with Crippen molar-refractivity contribution < 1.29 is 18.3 Å². The fraction of sp³-hybridized carbons (Fsp3) is 0.125. The molecule has 29 heavy (non-hydrogen) atoms. The lowest BCUT2D eigenvalue weighted by Gasteiger charge is -2.46. The first-order valence-corrected chi connectivity index (χ1v) is 9.43. The Morgan fingerprint density at radius 1 is 0.897 bits per heavy atom. The second-order valence-corrected chi connectivity index (χ2v) is 7.39. The Labute approximate surface area is 165 Å². The van der Waals surface area contributed by atoms with Crippen LogP contribution in [0, 0.1) is 5.82 Å². The van der Waals surface area contributed by atoms with E-state index < -0.39 is 11.4 Å². The van der Waals surface area contributed by atoms with E-state index in [1.54, 1.807) is 18.2 Å². The second-order valence-electron chi connectivity index (χ2n) is 7.39. The van der Waals surface area contributed by atoms with Gasteiger partial charge in [-0.1, -0.05) is 30.3 Å². The van der Waals surface area contributed by atoms with Gasteiger partial charge in [-0.05, 0) is 42.5 Å². The smallest absolute Gasteiger partial charge is 0.343 e. The van der Waals surface area contributed by atoms with Crippen LogP contribution in [0.3, 0.4) is 0 Å². The molecule has 3 aromatic carbocycles. The first-order valence-electron chi connectivity index (χ1n) is 9.43. The average Bonchev–Trinajstić information content (AvgIpc) is 2.74. The molecule has 2 aliphatic heterocycles. The molecule has 3 heterocycles. The molecule has 4 aromatic rings. The Morgan fingerprint density at radius 3 is 2.52 bits per heavy atom. The molecule has 4 nitrogen and oxygen atoms in total. The predicted molar refractivity (Wildman–Crippen MR) is 105 cm³/mol. The number of para-hydroxylation sites is 2. The molecule has 2 unspecified atom stereocenters. The maximum Gasteiger partial charge on any atom is 0.343 e. The highest BCUT2D eigenvalue weighted by atomic mass is 19.1. The van der Waals surface area contributed by atoms with E-state index in [0.717, 1.165) is 5.56 Å². The summed E-state index contributed by atoms with van der Waals surface area (Å²) in [6.45, 7) is 0. The van der Waals surface area contributed by atoms with Crippen molar-refractivity contribution in [2.75, 3.05) is 0 Å². The van der Waals surface area contributed by atoms with Crippen LogP contribution in [0.15, 0.2) is 82.0 Å². The van der Waals surface area contributed by atoms with Crippen molar-refractivity contribution in [2.45, 2.75) is 18.1 Å². The summed E-state index contributed by atoms with van der Waals surface area (Å²) in [6, 6.07) is 21.0. The topological polar surface area (TPSA) is 48.7 Å². The molecular formula is C24H15FO4. The normalized spacial score (nSPS) is 21.6. The molecule has 0 N–H and O–H groups in total. The Bertz CT molecular complexity index is 1330. The van der Waals surface area contributed by atoms with Crippen LogP contribution in [0.5, 0.6) is 11.5 Å². The molecule has 0 saturated carbocycles. The van der Waals surface area contributed by atoms with E-state index in [1.165, 1.54) is 12.1 Å². The number of ether oxygens (including phenoxy) is 2. The lowest BCUT2D eigenvalue weighted by atomic mass is 9.78. The first-order chi connectivity index (χ1) is 14.1. The molecule has 0 fully saturated rings. The van der Waals surface area contributed by atoms with Crippen LogP contribution in [0.25, 0.3) is 11.0 Å². The standard InChI is InChI=1S/C24H15FO4/c25-15-11-9-14(10-12-15)24-13-18(16-5-1-4-8-20(16)28-24)21-22(29-24)17-6-2-3-7-19(17)27-23(21)26/h1-12,18H,13H2. The molecule has 2 aliphatic rings. The van der Waals surface area contributed by atoms with Crippen LogP contribution >= 0.6 is 0 Å². The average molecular weight is 386 g/mol. The highest BCUT2D eigenvalue weighted by Crippen LogP contribution is 2.55. The lowest BCUT2D eigenvalue weighted by molar-refractivity contribution is -0.148. The van der Waals surface area contributed by atoms with Crippen LogP contribution in [-0.4, -0.2) is 0 Å². The van der Waals surface area contributed by atoms with Gasteiger partial charge in [-0.3, -0.25) is 0 Å². The maximum absolute atomic E-state index is 13.6. The van der Waals surface area contributed by atoms with Gasteiger partial charge in [0.1, 0.15) is 22.9 Å². The Kier molecular flexibility index (Phi) is 3.22. The summed E-state index contributed by atoms with van der Waals surface area (Å²) in [6.07, 6.45) is 0.395. The summed E-state index contributed by atoms with van der Waals surface area (Å²) in [4.78, 5) is 12.9. The predicted octanol–water partition coefficient (Wildman–Crippen LogP) is 5.09. The Balaban J connectivity index is 1.69. The zero-order valence-electron chi connectivity index (χ0n) is 15.2. The van der Waals surface area contributed by atoms with Crippen LogP contribution in [-0.2, 0) is 5.79 Å². The molecule has 6 rings (SSSR count). The van der Waals surface area contributed by atoms with Crippen molar-refractivity contribution in [1.82, 2.24) is 0 Å². The summed E-state index contributed by atoms with van der Waals surface area (Å²) in [7, 11) is 0. The third-order valence-electron chi connectivity index (χ3n) is 5.74. The molecule has 0 amide bonds. The minimum Gasteiger partial charge on any atom is -0.448 e. The summed E-state index contributed by atoms with van der Waals surface area (Å²) in [5, 5.41) is 0.710. The minimum atomic E-state index is -1.16. The van der Waals surface area contributed by atoms with E-state index in [9.17, 15) is 9.18 Å². The van der Waals surface area contributed by atoms with E-state index in [4.69, 9.17) is 13.9 Å². The quantitative estimate of drug-likeness (QED) is 0.428. The van der Waals surface area contributed by atoms with Crippen molar-refractivity contribution >= 4 is 11.0 Å². The molecule has 1 aromatic heterocycles. The number of halogens is 1. The molecule has 2 atom stereocenters. The van der Waals surface area contributed by atoms with E-state index in [-0.39, 0.29) is 11.7 Å². The second kappa shape index (κ2) is 5.70. The Morgan fingerprint density at radius 2 is 1.66 bits per heavy atom. The summed E-state index contributed by atoms with van der Waals surface area (Å²) in [5.41, 5.74) is 2.16. The van der Waals surface area contributed by atoms with Gasteiger partial charge in [0, 0.05) is 23.5 Å². The third kappa shape index (κ3) is 2.27. The monoisotopic (exact) mass is 386 g/mol. The van der Waals surface area contributed by atoms with E-state index in [0.29, 0.717) is 40.0 Å². The number of rotatable bonds is 1. The van der Waals surface area contributed by atoms with Crippen LogP contribution in [0.2, 0.25) is 0 Å². The number of hydrogen-bond donors (Lipinski definition) is 0. The van der Waals surface area contributed by atoms with Gasteiger partial charge in [0.05, 0.1) is 10.9 Å². The fourth-order valence-electron chi connectivity index (χ4n) is 4.43. The molecular weight excluding hydrogens is 371 g/mol. The highest BCUT2D eigenvalue weighted by Gasteiger charge is 2.51. The van der Waals surface area contributed by atoms with Gasteiger partial charge in [-0.15, -0.1) is 0 Å². The van der Waals surface area contributed by atoms with Crippen LogP contribution in [0.1, 0.15) is 29.0 Å². The summed E-state index contributed by atoms with van der Waals surface area (Å²) < 4.78 is 32.0. The van der Waals surface area contributed by atoms with Gasteiger partial charge in [-0.2, -0.15) is 0 Å². The van der Waals surface area contributed by atoms with Gasteiger partial charge in [-0.25, -0.2) is 9.18 Å². The Hall–Kier alpha value is -3.60. The minimum absolute atomic E-state index is 0.255. The molecule has 0 saturated heterocycles. The van der Waals surface area contributed by atoms with Crippen molar-refractivity contribution in [2.24, 2.45) is 0 Å². The summed E-state index contributed by atoms with van der Waals surface area (Å²) >= 11 is 0. The van der Waals surface area contributed by atoms with Crippen molar-refractivity contribution in [3.05, 3.63) is 106 Å². The molecule has 2 bridgehead atoms. The highest BCUT2D eigenvalue weighted by molar-refractivity contribution is 5.85. The van der Waals surface area contributed by atoms with Crippen LogP contribution in [0.4, 0.5) is 4.39 Å². The molecule has 0 spiro atoms. The van der Waals surface area contributed by atoms with Gasteiger partial charge in [0.25, 0.3) is 5.79 Å². The fourth-order valence-corrected chi connectivity index (χ4v) is 4.43. The van der Waals surface area contributed by atoms with Gasteiger partial charge >= 0.3 is 5.63 Å². The maximum atomic E-state index is 13.6. The SMILES string of the molecule is O=c1oc2ccccc2c2c1C1CC(c3ccc(F)cc3)(Oc3ccccc31)O2. The zero-order chi connectivity index (χ0) is 19.6. The molecule has 142 valence electrons. The van der Waals surface area contributed by atoms with Gasteiger partial charge < -0.3 is 13.9 Å². The van der Waals surface area contributed by atoms with E-state index in [2.05, 4.69) is 0 Å². The van der Waals surface area contributed by atoms with Crippen LogP contribution < -0.4 is 15.1 Å². The third-order valence-corrected chi connectivity index (χ3v) is 5.74. The van der Waals surface area contributed by atoms with Crippen molar-refractivity contribution in [3.63, 3.8) is 0 Å². The van der Waals surface area contributed by atoms with Crippen molar-refractivity contribution in [3.8, 4) is 11.5 Å². The largest absolute Gasteiger partial charge is 0.448 e. The van der Waals surface area contributed by atoms with Crippen molar-refractivity contribution in [1.29, 1.82) is 0 Å². The molecule has 5 heteroatoms. The lowest BCUT2D eigenvalue weighted by Crippen LogP contribution is -2.48. The molecule has 0 aliphatic carbocycles. The first kappa shape index (κ1) is 16.4. The molecule has 0 radical (unpaired) electrons. The van der Waals surface area contributed by atoms with Gasteiger partial charge in [0.2, 0.25) is 0 Å². The van der Waals surface area contributed by atoms with Gasteiger partial charge in [0.15, 0.2) is 0 Å². The zero-order valence-corrected chi connectivity index (χ0v) is 15.2.